The molecule has 7 nitrogen and oxygen atoms in total. The summed E-state index contributed by atoms with van der Waals surface area (Å²) < 4.78 is 36.3. The first kappa shape index (κ1) is 15.7. The van der Waals surface area contributed by atoms with Crippen LogP contribution < -0.4 is 0 Å². The van der Waals surface area contributed by atoms with Gasteiger partial charge in [-0.25, -0.2) is 13.2 Å². The monoisotopic (exact) mass is 315 g/mol. The number of ether oxygens (including phenoxy) is 2. The zero-order chi connectivity index (χ0) is 15.6. The van der Waals surface area contributed by atoms with Crippen LogP contribution in [0.4, 0.5) is 0 Å². The summed E-state index contributed by atoms with van der Waals surface area (Å²) in [4.78, 5) is 11.5. The van der Waals surface area contributed by atoms with Gasteiger partial charge in [0.05, 0.1) is 25.2 Å². The van der Waals surface area contributed by atoms with Gasteiger partial charge in [-0.3, -0.25) is 0 Å². The van der Waals surface area contributed by atoms with E-state index >= 15 is 0 Å². The second-order valence-corrected chi connectivity index (χ2v) is 6.60. The lowest BCUT2D eigenvalue weighted by molar-refractivity contribution is 0.0392. The fourth-order valence-electron chi connectivity index (χ4n) is 2.15. The molecule has 1 aliphatic rings. The summed E-state index contributed by atoms with van der Waals surface area (Å²) >= 11 is 0. The van der Waals surface area contributed by atoms with Gasteiger partial charge in [0, 0.05) is 12.6 Å². The highest BCUT2D eigenvalue weighted by molar-refractivity contribution is 7.89. The van der Waals surface area contributed by atoms with E-state index in [4.69, 9.17) is 4.74 Å². The largest absolute Gasteiger partial charge is 0.507 e. The normalized spacial score (nSPS) is 20.2. The predicted molar refractivity (Wildman–Crippen MR) is 73.6 cm³/mol. The van der Waals surface area contributed by atoms with Gasteiger partial charge in [0.2, 0.25) is 10.0 Å². The predicted octanol–water partition coefficient (Wildman–Crippen LogP) is 0.588. The average molecular weight is 315 g/mol. The molecule has 2 rings (SSSR count). The third-order valence-corrected chi connectivity index (χ3v) is 5.30. The molecule has 0 spiro atoms. The van der Waals surface area contributed by atoms with Crippen molar-refractivity contribution < 1.29 is 27.8 Å². The molecule has 0 aromatic heterocycles. The Balaban J connectivity index is 2.43. The minimum absolute atomic E-state index is 0.0607. The first-order valence-corrected chi connectivity index (χ1v) is 7.83. The molecular formula is C13H17NO6S. The van der Waals surface area contributed by atoms with E-state index in [-0.39, 0.29) is 28.8 Å². The first-order valence-electron chi connectivity index (χ1n) is 6.39. The molecule has 1 fully saturated rings. The summed E-state index contributed by atoms with van der Waals surface area (Å²) in [5, 5.41) is 9.64. The third kappa shape index (κ3) is 3.02. The van der Waals surface area contributed by atoms with Crippen LogP contribution >= 0.6 is 0 Å². The van der Waals surface area contributed by atoms with Crippen molar-refractivity contribution in [1.82, 2.24) is 4.31 Å². The van der Waals surface area contributed by atoms with Gasteiger partial charge in [0.25, 0.3) is 0 Å². The highest BCUT2D eigenvalue weighted by Crippen LogP contribution is 2.26. The Morgan fingerprint density at radius 1 is 1.48 bits per heavy atom. The zero-order valence-electron chi connectivity index (χ0n) is 11.8. The van der Waals surface area contributed by atoms with Gasteiger partial charge in [-0.1, -0.05) is 0 Å². The molecule has 1 heterocycles. The standard InChI is InChI=1S/C13H17NO6S/c1-9-8-20-6-5-14(9)21(17,18)10-3-4-12(15)11(7-10)13(16)19-2/h3-4,7,9,15H,5-6,8H2,1-2H3. The number of esters is 1. The van der Waals surface area contributed by atoms with Crippen molar-refractivity contribution in [3.63, 3.8) is 0 Å². The fourth-order valence-corrected chi connectivity index (χ4v) is 3.78. The van der Waals surface area contributed by atoms with E-state index < -0.39 is 16.0 Å². The van der Waals surface area contributed by atoms with Gasteiger partial charge in [0.15, 0.2) is 0 Å². The highest BCUT2D eigenvalue weighted by Gasteiger charge is 2.32. The van der Waals surface area contributed by atoms with Gasteiger partial charge in [-0.15, -0.1) is 0 Å². The molecule has 1 aliphatic heterocycles. The number of nitrogens with zero attached hydrogens (tertiary/aromatic N) is 1. The number of sulfonamides is 1. The van der Waals surface area contributed by atoms with Crippen LogP contribution in [-0.4, -0.2) is 56.7 Å². The summed E-state index contributed by atoms with van der Waals surface area (Å²) in [6, 6.07) is 3.27. The Kier molecular flexibility index (Phi) is 4.50. The van der Waals surface area contributed by atoms with Gasteiger partial charge >= 0.3 is 5.97 Å². The van der Waals surface area contributed by atoms with Crippen molar-refractivity contribution in [3.05, 3.63) is 23.8 Å². The van der Waals surface area contributed by atoms with Gasteiger partial charge in [0.1, 0.15) is 11.3 Å². The maximum absolute atomic E-state index is 12.6. The van der Waals surface area contributed by atoms with Crippen molar-refractivity contribution >= 4 is 16.0 Å². The first-order chi connectivity index (χ1) is 9.87. The molecule has 1 aromatic carbocycles. The van der Waals surface area contributed by atoms with Crippen molar-refractivity contribution in [2.75, 3.05) is 26.9 Å². The molecule has 0 aliphatic carbocycles. The summed E-state index contributed by atoms with van der Waals surface area (Å²) in [7, 11) is -2.60. The van der Waals surface area contributed by atoms with Crippen LogP contribution in [0.5, 0.6) is 5.75 Å². The van der Waals surface area contributed by atoms with Crippen molar-refractivity contribution in [2.45, 2.75) is 17.9 Å². The second kappa shape index (κ2) is 6.00. The Bertz CT molecular complexity index is 642. The summed E-state index contributed by atoms with van der Waals surface area (Å²) in [5.41, 5.74) is -0.181. The van der Waals surface area contributed by atoms with E-state index in [1.54, 1.807) is 6.92 Å². The van der Waals surface area contributed by atoms with Crippen LogP contribution in [0.25, 0.3) is 0 Å². The fraction of sp³-hybridized carbons (Fsp3) is 0.462. The minimum Gasteiger partial charge on any atom is -0.507 e. The van der Waals surface area contributed by atoms with E-state index in [1.807, 2.05) is 0 Å². The Hall–Kier alpha value is -1.64. The van der Waals surface area contributed by atoms with Crippen molar-refractivity contribution in [3.8, 4) is 5.75 Å². The summed E-state index contributed by atoms with van der Waals surface area (Å²) in [6.07, 6.45) is 0. The zero-order valence-corrected chi connectivity index (χ0v) is 12.6. The topological polar surface area (TPSA) is 93.1 Å². The molecule has 0 saturated carbocycles. The van der Waals surface area contributed by atoms with Crippen LogP contribution in [0.3, 0.4) is 0 Å². The number of hydrogen-bond acceptors (Lipinski definition) is 6. The number of phenolic OH excluding ortho intramolecular Hbond substituents is 1. The van der Waals surface area contributed by atoms with Crippen LogP contribution in [0.1, 0.15) is 17.3 Å². The van der Waals surface area contributed by atoms with E-state index in [0.29, 0.717) is 13.2 Å². The number of carbonyl (C=O) groups excluding carboxylic acids is 1. The Morgan fingerprint density at radius 2 is 2.19 bits per heavy atom. The average Bonchev–Trinajstić information content (AvgIpc) is 2.47. The van der Waals surface area contributed by atoms with Crippen LogP contribution in [-0.2, 0) is 19.5 Å². The van der Waals surface area contributed by atoms with Gasteiger partial charge in [-0.2, -0.15) is 4.31 Å². The molecule has 1 unspecified atom stereocenters. The van der Waals surface area contributed by atoms with E-state index in [9.17, 15) is 18.3 Å². The quantitative estimate of drug-likeness (QED) is 0.821. The second-order valence-electron chi connectivity index (χ2n) is 4.71. The number of hydrogen-bond donors (Lipinski definition) is 1. The lowest BCUT2D eigenvalue weighted by Gasteiger charge is -2.32. The summed E-state index contributed by atoms with van der Waals surface area (Å²) in [5.74, 6) is -1.12. The number of morpholine rings is 1. The molecule has 1 aromatic rings. The molecule has 0 bridgehead atoms. The Morgan fingerprint density at radius 3 is 2.81 bits per heavy atom. The molecule has 0 amide bonds. The SMILES string of the molecule is COC(=O)c1cc(S(=O)(=O)N2CCOCC2C)ccc1O. The maximum atomic E-state index is 12.6. The van der Waals surface area contributed by atoms with E-state index in [2.05, 4.69) is 4.74 Å². The highest BCUT2D eigenvalue weighted by atomic mass is 32.2. The van der Waals surface area contributed by atoms with Crippen LogP contribution in [0.2, 0.25) is 0 Å². The molecule has 1 saturated heterocycles. The lowest BCUT2D eigenvalue weighted by Crippen LogP contribution is -2.46. The van der Waals surface area contributed by atoms with Gasteiger partial charge < -0.3 is 14.6 Å². The van der Waals surface area contributed by atoms with E-state index in [1.165, 1.54) is 16.4 Å². The number of aromatic hydroxyl groups is 1. The minimum atomic E-state index is -3.76. The maximum Gasteiger partial charge on any atom is 0.341 e. The smallest absolute Gasteiger partial charge is 0.341 e. The number of carbonyl (C=O) groups is 1. The molecule has 21 heavy (non-hydrogen) atoms. The molecule has 8 heteroatoms. The molecule has 0 radical (unpaired) electrons. The molecule has 1 atom stereocenters. The lowest BCUT2D eigenvalue weighted by atomic mass is 10.2. The summed E-state index contributed by atoms with van der Waals surface area (Å²) in [6.45, 7) is 2.64. The molecular weight excluding hydrogens is 298 g/mol. The van der Waals surface area contributed by atoms with Crippen LogP contribution in [0.15, 0.2) is 23.1 Å². The van der Waals surface area contributed by atoms with Crippen molar-refractivity contribution in [2.24, 2.45) is 0 Å². The van der Waals surface area contributed by atoms with Crippen molar-refractivity contribution in [1.29, 1.82) is 0 Å². The van der Waals surface area contributed by atoms with Crippen LogP contribution in [0, 0.1) is 0 Å². The third-order valence-electron chi connectivity index (χ3n) is 3.29. The van der Waals surface area contributed by atoms with Gasteiger partial charge in [-0.05, 0) is 25.1 Å². The Labute approximate surface area is 123 Å². The number of phenols is 1. The number of methoxy groups -OCH3 is 1. The molecule has 1 N–H and O–H groups in total. The van der Waals surface area contributed by atoms with E-state index in [0.717, 1.165) is 13.2 Å². The number of benzene rings is 1. The number of rotatable bonds is 3. The molecule has 116 valence electrons.